The SMILES string of the molecule is CCCCc1ccc(CCCC)c(NNc2ccccc2CC)c1. The van der Waals surface area contributed by atoms with Crippen LogP contribution in [-0.4, -0.2) is 0 Å². The Bertz CT molecular complexity index is 619. The monoisotopic (exact) mass is 324 g/mol. The van der Waals surface area contributed by atoms with Crippen molar-refractivity contribution < 1.29 is 0 Å². The van der Waals surface area contributed by atoms with Crippen molar-refractivity contribution in [2.24, 2.45) is 0 Å². The van der Waals surface area contributed by atoms with Crippen LogP contribution in [0, 0.1) is 0 Å². The predicted octanol–water partition coefficient (Wildman–Crippen LogP) is 6.37. The molecule has 0 saturated carbocycles. The van der Waals surface area contributed by atoms with Gasteiger partial charge >= 0.3 is 0 Å². The summed E-state index contributed by atoms with van der Waals surface area (Å²) in [5, 5.41) is 0. The quantitative estimate of drug-likeness (QED) is 0.496. The molecule has 130 valence electrons. The highest BCUT2D eigenvalue weighted by Crippen LogP contribution is 2.23. The van der Waals surface area contributed by atoms with Crippen LogP contribution in [0.4, 0.5) is 11.4 Å². The number of anilines is 2. The van der Waals surface area contributed by atoms with Crippen molar-refractivity contribution in [1.29, 1.82) is 0 Å². The molecule has 2 aromatic rings. The molecule has 24 heavy (non-hydrogen) atoms. The minimum atomic E-state index is 1.03. The molecule has 0 aromatic heterocycles. The van der Waals surface area contributed by atoms with Crippen molar-refractivity contribution in [3.8, 4) is 0 Å². The van der Waals surface area contributed by atoms with Crippen LogP contribution >= 0.6 is 0 Å². The summed E-state index contributed by atoms with van der Waals surface area (Å²) in [6, 6.07) is 15.4. The first-order valence-electron chi connectivity index (χ1n) is 9.50. The first-order chi connectivity index (χ1) is 11.8. The largest absolute Gasteiger partial charge is 0.301 e. The third kappa shape index (κ3) is 5.30. The highest BCUT2D eigenvalue weighted by molar-refractivity contribution is 5.60. The smallest absolute Gasteiger partial charge is 0.0574 e. The number of benzene rings is 2. The van der Waals surface area contributed by atoms with E-state index in [1.807, 2.05) is 0 Å². The van der Waals surface area contributed by atoms with Crippen molar-refractivity contribution in [3.05, 3.63) is 59.2 Å². The summed E-state index contributed by atoms with van der Waals surface area (Å²) in [5.41, 5.74) is 13.5. The van der Waals surface area contributed by atoms with Crippen LogP contribution in [0.3, 0.4) is 0 Å². The lowest BCUT2D eigenvalue weighted by Gasteiger charge is -2.17. The van der Waals surface area contributed by atoms with E-state index < -0.39 is 0 Å². The molecule has 2 rings (SSSR count). The van der Waals surface area contributed by atoms with Crippen molar-refractivity contribution >= 4 is 11.4 Å². The molecule has 0 unspecified atom stereocenters. The van der Waals surface area contributed by atoms with Gasteiger partial charge in [-0.25, -0.2) is 0 Å². The number of hydrazine groups is 1. The normalized spacial score (nSPS) is 10.6. The Hall–Kier alpha value is -1.96. The van der Waals surface area contributed by atoms with E-state index in [1.165, 1.54) is 53.7 Å². The minimum Gasteiger partial charge on any atom is -0.301 e. The zero-order chi connectivity index (χ0) is 17.2. The molecule has 0 bridgehead atoms. The molecular weight excluding hydrogens is 292 g/mol. The predicted molar refractivity (Wildman–Crippen MR) is 107 cm³/mol. The average Bonchev–Trinajstić information content (AvgIpc) is 2.63. The van der Waals surface area contributed by atoms with E-state index in [0.717, 1.165) is 19.3 Å². The zero-order valence-corrected chi connectivity index (χ0v) is 15.5. The van der Waals surface area contributed by atoms with Crippen molar-refractivity contribution in [2.75, 3.05) is 10.9 Å². The molecule has 0 fully saturated rings. The standard InChI is InChI=1S/C22H32N2/c1-4-7-11-18-15-16-20(12-8-5-2)22(17-18)24-23-21-14-10-9-13-19(21)6-3/h9-10,13-17,23-24H,4-8,11-12H2,1-3H3. The second kappa shape index (κ2) is 10.0. The number of unbranched alkanes of at least 4 members (excludes halogenated alkanes) is 2. The van der Waals surface area contributed by atoms with Crippen molar-refractivity contribution in [1.82, 2.24) is 0 Å². The number of para-hydroxylation sites is 1. The molecule has 2 nitrogen and oxygen atoms in total. The molecule has 0 atom stereocenters. The topological polar surface area (TPSA) is 24.1 Å². The Labute approximate surface area is 147 Å². The summed E-state index contributed by atoms with van der Waals surface area (Å²) in [7, 11) is 0. The van der Waals surface area contributed by atoms with E-state index in [0.29, 0.717) is 0 Å². The van der Waals surface area contributed by atoms with Crippen molar-refractivity contribution in [3.63, 3.8) is 0 Å². The second-order valence-corrected chi connectivity index (χ2v) is 6.46. The van der Waals surface area contributed by atoms with E-state index in [-0.39, 0.29) is 0 Å². The Morgan fingerprint density at radius 1 is 0.708 bits per heavy atom. The highest BCUT2D eigenvalue weighted by Gasteiger charge is 2.05. The van der Waals surface area contributed by atoms with Crippen LogP contribution in [0.25, 0.3) is 0 Å². The summed E-state index contributed by atoms with van der Waals surface area (Å²) in [5.74, 6) is 0. The Morgan fingerprint density at radius 2 is 1.42 bits per heavy atom. The molecule has 2 aromatic carbocycles. The van der Waals surface area contributed by atoms with Gasteiger partial charge in [-0.2, -0.15) is 0 Å². The van der Waals surface area contributed by atoms with Gasteiger partial charge in [-0.1, -0.05) is 63.9 Å². The summed E-state index contributed by atoms with van der Waals surface area (Å²) in [6.07, 6.45) is 8.26. The fourth-order valence-corrected chi connectivity index (χ4v) is 2.95. The maximum atomic E-state index is 3.48. The van der Waals surface area contributed by atoms with Gasteiger partial charge in [-0.05, 0) is 60.9 Å². The van der Waals surface area contributed by atoms with E-state index in [2.05, 4.69) is 74.1 Å². The first kappa shape index (κ1) is 18.4. The van der Waals surface area contributed by atoms with Gasteiger partial charge in [0.25, 0.3) is 0 Å². The Morgan fingerprint density at radius 3 is 2.17 bits per heavy atom. The van der Waals surface area contributed by atoms with Gasteiger partial charge in [0.05, 0.1) is 11.4 Å². The molecule has 2 heteroatoms. The lowest BCUT2D eigenvalue weighted by Crippen LogP contribution is -2.12. The zero-order valence-electron chi connectivity index (χ0n) is 15.5. The summed E-state index contributed by atoms with van der Waals surface area (Å²) < 4.78 is 0. The third-order valence-electron chi connectivity index (χ3n) is 4.52. The molecule has 0 aliphatic rings. The maximum Gasteiger partial charge on any atom is 0.0574 e. The van der Waals surface area contributed by atoms with Crippen LogP contribution in [0.2, 0.25) is 0 Å². The molecule has 0 radical (unpaired) electrons. The lowest BCUT2D eigenvalue weighted by molar-refractivity contribution is 0.786. The molecule has 0 saturated heterocycles. The first-order valence-corrected chi connectivity index (χ1v) is 9.50. The Balaban J connectivity index is 2.15. The Kier molecular flexibility index (Phi) is 7.67. The molecular formula is C22H32N2. The summed E-state index contributed by atoms with van der Waals surface area (Å²) in [6.45, 7) is 6.69. The van der Waals surface area contributed by atoms with Crippen LogP contribution < -0.4 is 10.9 Å². The summed E-state index contributed by atoms with van der Waals surface area (Å²) >= 11 is 0. The molecule has 0 aliphatic heterocycles. The van der Waals surface area contributed by atoms with Crippen molar-refractivity contribution in [2.45, 2.75) is 65.7 Å². The van der Waals surface area contributed by atoms with Gasteiger partial charge in [0.15, 0.2) is 0 Å². The number of nitrogens with one attached hydrogen (secondary N) is 2. The van der Waals surface area contributed by atoms with E-state index in [9.17, 15) is 0 Å². The van der Waals surface area contributed by atoms with Gasteiger partial charge in [-0.3, -0.25) is 0 Å². The van der Waals surface area contributed by atoms with Gasteiger partial charge in [-0.15, -0.1) is 0 Å². The number of rotatable bonds is 10. The van der Waals surface area contributed by atoms with Gasteiger partial charge < -0.3 is 10.9 Å². The lowest BCUT2D eigenvalue weighted by atomic mass is 10.0. The number of aryl methyl sites for hydroxylation is 3. The summed E-state index contributed by atoms with van der Waals surface area (Å²) in [4.78, 5) is 0. The van der Waals surface area contributed by atoms with Gasteiger partial charge in [0.2, 0.25) is 0 Å². The second-order valence-electron chi connectivity index (χ2n) is 6.46. The van der Waals surface area contributed by atoms with Crippen LogP contribution in [0.1, 0.15) is 63.1 Å². The van der Waals surface area contributed by atoms with Crippen LogP contribution in [-0.2, 0) is 19.3 Å². The van der Waals surface area contributed by atoms with Crippen LogP contribution in [0.5, 0.6) is 0 Å². The fraction of sp³-hybridized carbons (Fsp3) is 0.455. The molecule has 0 heterocycles. The fourth-order valence-electron chi connectivity index (χ4n) is 2.95. The highest BCUT2D eigenvalue weighted by atomic mass is 15.4. The minimum absolute atomic E-state index is 1.03. The molecule has 0 amide bonds. The molecule has 2 N–H and O–H groups in total. The average molecular weight is 325 g/mol. The van der Waals surface area contributed by atoms with E-state index >= 15 is 0 Å². The van der Waals surface area contributed by atoms with E-state index in [1.54, 1.807) is 0 Å². The van der Waals surface area contributed by atoms with Crippen LogP contribution in [0.15, 0.2) is 42.5 Å². The number of hydrogen-bond acceptors (Lipinski definition) is 2. The number of hydrogen-bond donors (Lipinski definition) is 2. The molecule has 0 aliphatic carbocycles. The van der Waals surface area contributed by atoms with E-state index in [4.69, 9.17) is 0 Å². The maximum absolute atomic E-state index is 3.48. The third-order valence-corrected chi connectivity index (χ3v) is 4.52. The van der Waals surface area contributed by atoms with Gasteiger partial charge in [0, 0.05) is 0 Å². The van der Waals surface area contributed by atoms with Gasteiger partial charge in [0.1, 0.15) is 0 Å². The molecule has 0 spiro atoms.